The highest BCUT2D eigenvalue weighted by Crippen LogP contribution is 2.31. The number of rotatable bonds is 2. The summed E-state index contributed by atoms with van der Waals surface area (Å²) in [5.41, 5.74) is 9.45. The van der Waals surface area contributed by atoms with Gasteiger partial charge in [0.1, 0.15) is 11.1 Å². The van der Waals surface area contributed by atoms with E-state index in [1.807, 2.05) is 0 Å². The Hall–Kier alpha value is -1.66. The zero-order chi connectivity index (χ0) is 16.4. The average Bonchev–Trinajstić information content (AvgIpc) is 2.33. The van der Waals surface area contributed by atoms with Gasteiger partial charge in [0.25, 0.3) is 0 Å². The largest absolute Gasteiger partial charge is 0.389 e. The quantitative estimate of drug-likeness (QED) is 0.498. The van der Waals surface area contributed by atoms with Crippen molar-refractivity contribution >= 4 is 23.3 Å². The molecule has 0 aliphatic rings. The normalized spacial score (nSPS) is 12.9. The van der Waals surface area contributed by atoms with Gasteiger partial charge < -0.3 is 5.73 Å². The van der Waals surface area contributed by atoms with Crippen molar-refractivity contribution in [3.05, 3.63) is 40.5 Å². The second-order valence-corrected chi connectivity index (χ2v) is 7.82. The van der Waals surface area contributed by atoms with Crippen molar-refractivity contribution in [1.29, 1.82) is 5.26 Å². The van der Waals surface area contributed by atoms with E-state index >= 15 is 0 Å². The number of nitrogens with zero attached hydrogens (tertiary/aromatic N) is 1. The minimum Gasteiger partial charge on any atom is -0.389 e. The first-order valence-corrected chi connectivity index (χ1v) is 7.43. The summed E-state index contributed by atoms with van der Waals surface area (Å²) >= 11 is 4.91. The highest BCUT2D eigenvalue weighted by atomic mass is 32.1. The lowest BCUT2D eigenvalue weighted by Gasteiger charge is -2.25. The Bertz CT molecular complexity index is 588. The van der Waals surface area contributed by atoms with E-state index in [2.05, 4.69) is 65.8 Å². The number of benzene rings is 1. The van der Waals surface area contributed by atoms with E-state index in [4.69, 9.17) is 23.2 Å². The van der Waals surface area contributed by atoms with Crippen molar-refractivity contribution in [2.75, 3.05) is 0 Å². The van der Waals surface area contributed by atoms with Gasteiger partial charge in [-0.15, -0.1) is 0 Å². The third-order valence-corrected chi connectivity index (χ3v) is 3.60. The molecule has 0 saturated heterocycles. The van der Waals surface area contributed by atoms with Gasteiger partial charge in [-0.25, -0.2) is 0 Å². The Kier molecular flexibility index (Phi) is 4.96. The first-order chi connectivity index (χ1) is 9.45. The zero-order valence-corrected chi connectivity index (χ0v) is 14.6. The van der Waals surface area contributed by atoms with Crippen molar-refractivity contribution in [2.45, 2.75) is 52.4 Å². The molecule has 0 heterocycles. The fraction of sp³-hybridized carbons (Fsp3) is 0.444. The average molecular weight is 300 g/mol. The molecule has 0 aliphatic heterocycles. The Balaban J connectivity index is 3.54. The molecular formula is C18H24N2S. The van der Waals surface area contributed by atoms with Crippen LogP contribution in [0, 0.1) is 11.3 Å². The Morgan fingerprint density at radius 1 is 1.05 bits per heavy atom. The monoisotopic (exact) mass is 300 g/mol. The van der Waals surface area contributed by atoms with E-state index in [0.717, 1.165) is 5.56 Å². The summed E-state index contributed by atoms with van der Waals surface area (Å²) in [5.74, 6) is 0. The number of nitrogens with two attached hydrogens (primary N) is 1. The lowest BCUT2D eigenvalue weighted by molar-refractivity contribution is 0.568. The van der Waals surface area contributed by atoms with Gasteiger partial charge in [-0.05, 0) is 33.6 Å². The summed E-state index contributed by atoms with van der Waals surface area (Å²) in [7, 11) is 0. The SMILES string of the molecule is CC(C)(C)c1cc(C=C(C#N)C(N)=S)cc(C(C)(C)C)c1. The van der Waals surface area contributed by atoms with E-state index in [1.165, 1.54) is 11.1 Å². The first-order valence-electron chi connectivity index (χ1n) is 7.03. The van der Waals surface area contributed by atoms with Crippen molar-refractivity contribution in [2.24, 2.45) is 5.73 Å². The van der Waals surface area contributed by atoms with Crippen LogP contribution in [0.15, 0.2) is 23.8 Å². The molecular weight excluding hydrogens is 276 g/mol. The molecule has 2 N–H and O–H groups in total. The molecule has 112 valence electrons. The smallest absolute Gasteiger partial charge is 0.114 e. The van der Waals surface area contributed by atoms with Crippen LogP contribution in [0.1, 0.15) is 58.2 Å². The van der Waals surface area contributed by atoms with E-state index in [-0.39, 0.29) is 15.8 Å². The summed E-state index contributed by atoms with van der Waals surface area (Å²) < 4.78 is 0. The van der Waals surface area contributed by atoms with Crippen LogP contribution in [0.2, 0.25) is 0 Å². The van der Waals surface area contributed by atoms with Crippen LogP contribution in [0.5, 0.6) is 0 Å². The van der Waals surface area contributed by atoms with E-state index in [0.29, 0.717) is 5.57 Å². The lowest BCUT2D eigenvalue weighted by atomic mass is 9.79. The van der Waals surface area contributed by atoms with Crippen LogP contribution in [0.3, 0.4) is 0 Å². The molecule has 1 aromatic carbocycles. The Morgan fingerprint density at radius 2 is 1.48 bits per heavy atom. The van der Waals surface area contributed by atoms with Gasteiger partial charge >= 0.3 is 0 Å². The van der Waals surface area contributed by atoms with Crippen LogP contribution in [0.25, 0.3) is 6.08 Å². The van der Waals surface area contributed by atoms with E-state index in [1.54, 1.807) is 6.08 Å². The van der Waals surface area contributed by atoms with Gasteiger partial charge in [0.05, 0.1) is 5.57 Å². The van der Waals surface area contributed by atoms with Gasteiger partial charge in [0, 0.05) is 0 Å². The molecule has 3 heteroatoms. The number of hydrogen-bond acceptors (Lipinski definition) is 2. The van der Waals surface area contributed by atoms with Crippen LogP contribution < -0.4 is 5.73 Å². The van der Waals surface area contributed by atoms with Crippen molar-refractivity contribution < 1.29 is 0 Å². The highest BCUT2D eigenvalue weighted by Gasteiger charge is 2.20. The van der Waals surface area contributed by atoms with Crippen LogP contribution in [-0.2, 0) is 10.8 Å². The van der Waals surface area contributed by atoms with Gasteiger partial charge in [-0.2, -0.15) is 5.26 Å². The zero-order valence-electron chi connectivity index (χ0n) is 13.7. The fourth-order valence-electron chi connectivity index (χ4n) is 1.93. The molecule has 2 nitrogen and oxygen atoms in total. The number of hydrogen-bond donors (Lipinski definition) is 1. The Labute approximate surface area is 133 Å². The summed E-state index contributed by atoms with van der Waals surface area (Å²) in [6.45, 7) is 13.1. The molecule has 0 amide bonds. The molecule has 21 heavy (non-hydrogen) atoms. The summed E-state index contributed by atoms with van der Waals surface area (Å²) in [6, 6.07) is 8.51. The molecule has 0 fully saturated rings. The molecule has 0 aromatic heterocycles. The maximum atomic E-state index is 9.13. The molecule has 0 saturated carbocycles. The predicted molar refractivity (Wildman–Crippen MR) is 94.2 cm³/mol. The second kappa shape index (κ2) is 5.99. The van der Waals surface area contributed by atoms with E-state index < -0.39 is 0 Å². The first kappa shape index (κ1) is 17.4. The van der Waals surface area contributed by atoms with Crippen molar-refractivity contribution in [3.63, 3.8) is 0 Å². The van der Waals surface area contributed by atoms with Gasteiger partial charge in [-0.1, -0.05) is 72.0 Å². The molecule has 0 aliphatic carbocycles. The summed E-state index contributed by atoms with van der Waals surface area (Å²) in [4.78, 5) is 0.135. The minimum atomic E-state index is 0.0415. The molecule has 0 spiro atoms. The van der Waals surface area contributed by atoms with Crippen LogP contribution in [0.4, 0.5) is 0 Å². The molecule has 0 atom stereocenters. The summed E-state index contributed by atoms with van der Waals surface area (Å²) in [5, 5.41) is 9.13. The predicted octanol–water partition coefficient (Wildman–Crippen LogP) is 4.47. The topological polar surface area (TPSA) is 49.8 Å². The third-order valence-electron chi connectivity index (χ3n) is 3.38. The maximum absolute atomic E-state index is 9.13. The van der Waals surface area contributed by atoms with E-state index in [9.17, 15) is 0 Å². The third kappa shape index (κ3) is 4.68. The molecule has 0 radical (unpaired) electrons. The highest BCUT2D eigenvalue weighted by molar-refractivity contribution is 7.80. The number of thiocarbonyl (C=S) groups is 1. The minimum absolute atomic E-state index is 0.0415. The maximum Gasteiger partial charge on any atom is 0.114 e. The molecule has 1 aromatic rings. The molecule has 0 bridgehead atoms. The lowest BCUT2D eigenvalue weighted by Crippen LogP contribution is -2.17. The number of nitriles is 1. The van der Waals surface area contributed by atoms with Gasteiger partial charge in [0.15, 0.2) is 0 Å². The standard InChI is InChI=1S/C18H24N2S/c1-17(2,3)14-8-12(7-13(11-19)16(20)21)9-15(10-14)18(4,5)6/h7-10H,1-6H3,(H2,20,21). The second-order valence-electron chi connectivity index (χ2n) is 7.38. The Morgan fingerprint density at radius 3 is 1.76 bits per heavy atom. The van der Waals surface area contributed by atoms with Gasteiger partial charge in [-0.3, -0.25) is 0 Å². The van der Waals surface area contributed by atoms with Crippen molar-refractivity contribution in [3.8, 4) is 6.07 Å². The van der Waals surface area contributed by atoms with Gasteiger partial charge in [0.2, 0.25) is 0 Å². The fourth-order valence-corrected chi connectivity index (χ4v) is 2.03. The summed E-state index contributed by atoms with van der Waals surface area (Å²) in [6.07, 6.45) is 1.77. The van der Waals surface area contributed by atoms with Crippen LogP contribution in [-0.4, -0.2) is 4.99 Å². The van der Waals surface area contributed by atoms with Crippen LogP contribution >= 0.6 is 12.2 Å². The van der Waals surface area contributed by atoms with Crippen molar-refractivity contribution in [1.82, 2.24) is 0 Å². The molecule has 0 unspecified atom stereocenters. The molecule has 1 rings (SSSR count).